The molecule has 1 aliphatic carbocycles. The van der Waals surface area contributed by atoms with Gasteiger partial charge in [0.25, 0.3) is 0 Å². The number of nitrogens with zero attached hydrogens (tertiary/aromatic N) is 1. The van der Waals surface area contributed by atoms with Crippen LogP contribution < -0.4 is 4.74 Å². The molecule has 3 heteroatoms. The number of ether oxygens (including phenoxy) is 1. The Hall–Kier alpha value is -1.06. The van der Waals surface area contributed by atoms with E-state index in [2.05, 4.69) is 51.1 Å². The van der Waals surface area contributed by atoms with E-state index in [0.717, 1.165) is 5.75 Å². The van der Waals surface area contributed by atoms with Crippen molar-refractivity contribution in [3.63, 3.8) is 0 Å². The Morgan fingerprint density at radius 1 is 1.24 bits per heavy atom. The minimum Gasteiger partial charge on any atom is -0.496 e. The van der Waals surface area contributed by atoms with Gasteiger partial charge in [-0.15, -0.1) is 0 Å². The molecule has 1 saturated heterocycles. The maximum atomic E-state index is 6.11. The van der Waals surface area contributed by atoms with Crippen LogP contribution in [0.2, 0.25) is 0 Å². The zero-order chi connectivity index (χ0) is 15.2. The molecule has 3 rings (SSSR count). The molecule has 2 fully saturated rings. The van der Waals surface area contributed by atoms with Crippen LogP contribution in [0, 0.1) is 11.8 Å². The van der Waals surface area contributed by atoms with Gasteiger partial charge in [0.15, 0.2) is 0 Å². The fourth-order valence-corrected chi connectivity index (χ4v) is 4.59. The first-order valence-corrected chi connectivity index (χ1v) is 7.99. The lowest BCUT2D eigenvalue weighted by Gasteiger charge is -2.40. The second-order valence-corrected chi connectivity index (χ2v) is 7.23. The molecule has 1 aromatic carbocycles. The SMILES string of the molecule is COc1ccccc1C1CC(C)C2C(C1)C(C)(C)ON2C. The maximum absolute atomic E-state index is 6.11. The quantitative estimate of drug-likeness (QED) is 0.825. The Bertz CT molecular complexity index is 514. The van der Waals surface area contributed by atoms with Gasteiger partial charge >= 0.3 is 0 Å². The highest BCUT2D eigenvalue weighted by atomic mass is 16.7. The number of hydrogen-bond donors (Lipinski definition) is 0. The minimum atomic E-state index is -0.0750. The molecule has 0 bridgehead atoms. The van der Waals surface area contributed by atoms with Crippen LogP contribution in [-0.2, 0) is 4.84 Å². The van der Waals surface area contributed by atoms with E-state index in [1.807, 2.05) is 6.07 Å². The standard InChI is InChI=1S/C18H27NO2/c1-12-10-13(14-8-6-7-9-16(14)20-5)11-15-17(12)19(4)21-18(15,2)3/h6-9,12-13,15,17H,10-11H2,1-5H3. The third kappa shape index (κ3) is 2.47. The van der Waals surface area contributed by atoms with Gasteiger partial charge < -0.3 is 4.74 Å². The van der Waals surface area contributed by atoms with Crippen LogP contribution in [0.4, 0.5) is 0 Å². The lowest BCUT2D eigenvalue weighted by molar-refractivity contribution is -0.182. The summed E-state index contributed by atoms with van der Waals surface area (Å²) in [6.45, 7) is 6.82. The summed E-state index contributed by atoms with van der Waals surface area (Å²) < 4.78 is 5.58. The molecule has 0 amide bonds. The van der Waals surface area contributed by atoms with Crippen LogP contribution in [0.3, 0.4) is 0 Å². The summed E-state index contributed by atoms with van der Waals surface area (Å²) in [6, 6.07) is 9.01. The van der Waals surface area contributed by atoms with Crippen LogP contribution in [0.5, 0.6) is 5.75 Å². The molecule has 1 heterocycles. The lowest BCUT2D eigenvalue weighted by atomic mass is 9.66. The molecule has 0 aromatic heterocycles. The Kier molecular flexibility index (Phi) is 3.74. The third-order valence-electron chi connectivity index (χ3n) is 5.46. The topological polar surface area (TPSA) is 21.7 Å². The van der Waals surface area contributed by atoms with Gasteiger partial charge in [-0.25, -0.2) is 0 Å². The van der Waals surface area contributed by atoms with Crippen molar-refractivity contribution in [3.8, 4) is 5.75 Å². The molecule has 2 aliphatic rings. The van der Waals surface area contributed by atoms with E-state index in [1.54, 1.807) is 7.11 Å². The highest BCUT2D eigenvalue weighted by molar-refractivity contribution is 5.37. The summed E-state index contributed by atoms with van der Waals surface area (Å²) in [5.41, 5.74) is 1.28. The van der Waals surface area contributed by atoms with E-state index < -0.39 is 0 Å². The van der Waals surface area contributed by atoms with Gasteiger partial charge in [-0.05, 0) is 50.2 Å². The van der Waals surface area contributed by atoms with Crippen LogP contribution >= 0.6 is 0 Å². The van der Waals surface area contributed by atoms with Crippen molar-refractivity contribution in [2.24, 2.45) is 11.8 Å². The van der Waals surface area contributed by atoms with Gasteiger partial charge in [-0.3, -0.25) is 4.84 Å². The fourth-order valence-electron chi connectivity index (χ4n) is 4.59. The molecule has 4 unspecified atom stereocenters. The Morgan fingerprint density at radius 2 is 1.95 bits per heavy atom. The molecule has 21 heavy (non-hydrogen) atoms. The Labute approximate surface area is 128 Å². The number of rotatable bonds is 2. The molecule has 1 aliphatic heterocycles. The first kappa shape index (κ1) is 14.9. The van der Waals surface area contributed by atoms with Crippen LogP contribution in [0.15, 0.2) is 24.3 Å². The van der Waals surface area contributed by atoms with Gasteiger partial charge in [0, 0.05) is 19.0 Å². The summed E-state index contributed by atoms with van der Waals surface area (Å²) >= 11 is 0. The molecule has 1 saturated carbocycles. The third-order valence-corrected chi connectivity index (χ3v) is 5.46. The van der Waals surface area contributed by atoms with Crippen LogP contribution in [0.25, 0.3) is 0 Å². The first-order chi connectivity index (χ1) is 9.94. The number of hydrogen-bond acceptors (Lipinski definition) is 3. The number of methoxy groups -OCH3 is 1. The Morgan fingerprint density at radius 3 is 2.67 bits per heavy atom. The Balaban J connectivity index is 1.91. The zero-order valence-electron chi connectivity index (χ0n) is 13.8. The predicted molar refractivity (Wildman–Crippen MR) is 84.3 cm³/mol. The normalized spacial score (nSPS) is 35.5. The van der Waals surface area contributed by atoms with E-state index in [-0.39, 0.29) is 5.60 Å². The molecule has 116 valence electrons. The van der Waals surface area contributed by atoms with Gasteiger partial charge in [0.05, 0.1) is 12.7 Å². The average molecular weight is 289 g/mol. The van der Waals surface area contributed by atoms with E-state index in [4.69, 9.17) is 9.57 Å². The predicted octanol–water partition coefficient (Wildman–Crippen LogP) is 3.85. The molecule has 0 N–H and O–H groups in total. The second-order valence-electron chi connectivity index (χ2n) is 7.23. The molecule has 1 aromatic rings. The summed E-state index contributed by atoms with van der Waals surface area (Å²) in [4.78, 5) is 6.11. The summed E-state index contributed by atoms with van der Waals surface area (Å²) in [5, 5.41) is 2.10. The minimum absolute atomic E-state index is 0.0750. The van der Waals surface area contributed by atoms with Crippen molar-refractivity contribution in [1.82, 2.24) is 5.06 Å². The smallest absolute Gasteiger partial charge is 0.122 e. The van der Waals surface area contributed by atoms with Gasteiger partial charge in [0.2, 0.25) is 0 Å². The van der Waals surface area contributed by atoms with E-state index in [9.17, 15) is 0 Å². The van der Waals surface area contributed by atoms with Crippen molar-refractivity contribution in [2.45, 2.75) is 51.2 Å². The number of benzene rings is 1. The summed E-state index contributed by atoms with van der Waals surface area (Å²) in [5.74, 6) is 2.79. The maximum Gasteiger partial charge on any atom is 0.122 e. The van der Waals surface area contributed by atoms with Crippen molar-refractivity contribution in [3.05, 3.63) is 29.8 Å². The summed E-state index contributed by atoms with van der Waals surface area (Å²) in [7, 11) is 3.86. The first-order valence-electron chi connectivity index (χ1n) is 7.99. The van der Waals surface area contributed by atoms with Crippen LogP contribution in [-0.4, -0.2) is 30.9 Å². The van der Waals surface area contributed by atoms with Crippen molar-refractivity contribution < 1.29 is 9.57 Å². The van der Waals surface area contributed by atoms with E-state index in [1.165, 1.54) is 18.4 Å². The average Bonchev–Trinajstić information content (AvgIpc) is 2.68. The molecule has 0 spiro atoms. The van der Waals surface area contributed by atoms with E-state index >= 15 is 0 Å². The number of para-hydroxylation sites is 1. The van der Waals surface area contributed by atoms with Crippen molar-refractivity contribution in [2.75, 3.05) is 14.2 Å². The van der Waals surface area contributed by atoms with E-state index in [0.29, 0.717) is 23.8 Å². The number of fused-ring (bicyclic) bond motifs is 1. The monoisotopic (exact) mass is 289 g/mol. The highest BCUT2D eigenvalue weighted by Crippen LogP contribution is 2.51. The lowest BCUT2D eigenvalue weighted by Crippen LogP contribution is -2.42. The van der Waals surface area contributed by atoms with Crippen molar-refractivity contribution >= 4 is 0 Å². The largest absolute Gasteiger partial charge is 0.496 e. The van der Waals surface area contributed by atoms with Gasteiger partial charge in [-0.1, -0.05) is 25.1 Å². The van der Waals surface area contributed by atoms with Gasteiger partial charge in [-0.2, -0.15) is 5.06 Å². The molecule has 4 atom stereocenters. The van der Waals surface area contributed by atoms with Crippen molar-refractivity contribution in [1.29, 1.82) is 0 Å². The number of hydroxylamine groups is 2. The molecular formula is C18H27NO2. The fraction of sp³-hybridized carbons (Fsp3) is 0.667. The summed E-state index contributed by atoms with van der Waals surface area (Å²) in [6.07, 6.45) is 2.37. The molecule has 3 nitrogen and oxygen atoms in total. The molecule has 0 radical (unpaired) electrons. The highest BCUT2D eigenvalue weighted by Gasteiger charge is 2.52. The van der Waals surface area contributed by atoms with Crippen LogP contribution in [0.1, 0.15) is 45.1 Å². The second kappa shape index (κ2) is 5.29. The molecular weight excluding hydrogens is 262 g/mol. The van der Waals surface area contributed by atoms with Gasteiger partial charge in [0.1, 0.15) is 5.75 Å². The zero-order valence-corrected chi connectivity index (χ0v) is 13.8.